The summed E-state index contributed by atoms with van der Waals surface area (Å²) in [5, 5.41) is 14.6. The van der Waals surface area contributed by atoms with Crippen LogP contribution in [-0.2, 0) is 11.3 Å². The van der Waals surface area contributed by atoms with Gasteiger partial charge in [-0.3, -0.25) is 4.79 Å². The van der Waals surface area contributed by atoms with Gasteiger partial charge in [0, 0.05) is 18.2 Å². The highest BCUT2D eigenvalue weighted by Gasteiger charge is 2.32. The summed E-state index contributed by atoms with van der Waals surface area (Å²) in [4.78, 5) is 23.5. The third-order valence-electron chi connectivity index (χ3n) is 5.78. The fraction of sp³-hybridized carbons (Fsp3) is 0.318. The van der Waals surface area contributed by atoms with Crippen molar-refractivity contribution in [1.82, 2.24) is 24.6 Å². The van der Waals surface area contributed by atoms with Crippen LogP contribution in [0.2, 0.25) is 0 Å². The highest BCUT2D eigenvalue weighted by molar-refractivity contribution is 5.95. The number of hydrogen-bond donors (Lipinski definition) is 1. The van der Waals surface area contributed by atoms with Crippen LogP contribution in [0.3, 0.4) is 0 Å². The van der Waals surface area contributed by atoms with Crippen molar-refractivity contribution < 1.29 is 18.7 Å². The molecule has 11 heteroatoms. The smallest absolute Gasteiger partial charge is 0.258 e. The van der Waals surface area contributed by atoms with E-state index in [1.54, 1.807) is 18.7 Å². The van der Waals surface area contributed by atoms with Gasteiger partial charge < -0.3 is 20.1 Å². The first-order chi connectivity index (χ1) is 15.9. The molecule has 2 aliphatic rings. The minimum absolute atomic E-state index is 0.0196. The normalized spacial score (nSPS) is 18.2. The number of ether oxygens (including phenoxy) is 2. The predicted octanol–water partition coefficient (Wildman–Crippen LogP) is 2.23. The number of nitriles is 1. The summed E-state index contributed by atoms with van der Waals surface area (Å²) in [7, 11) is 1.62. The Labute approximate surface area is 188 Å². The Morgan fingerprint density at radius 1 is 1.33 bits per heavy atom. The number of carbonyl (C=O) groups excluding carboxylic acids is 1. The minimum Gasteiger partial charge on any atom is -0.467 e. The van der Waals surface area contributed by atoms with Gasteiger partial charge in [-0.25, -0.2) is 19.0 Å². The molecule has 1 amide bonds. The Balaban J connectivity index is 1.73. The number of nitrogens with two attached hydrogens (primary N) is 1. The van der Waals surface area contributed by atoms with Crippen LogP contribution < -0.4 is 10.5 Å². The first-order valence-corrected chi connectivity index (χ1v) is 10.3. The van der Waals surface area contributed by atoms with Gasteiger partial charge in [-0.1, -0.05) is 0 Å². The third-order valence-corrected chi connectivity index (χ3v) is 5.78. The lowest BCUT2D eigenvalue weighted by atomic mass is 10.0. The molecule has 33 heavy (non-hydrogen) atoms. The van der Waals surface area contributed by atoms with E-state index < -0.39 is 11.9 Å². The van der Waals surface area contributed by atoms with Gasteiger partial charge in [0.1, 0.15) is 29.7 Å². The fourth-order valence-electron chi connectivity index (χ4n) is 3.98. The molecule has 168 valence electrons. The summed E-state index contributed by atoms with van der Waals surface area (Å²) in [6, 6.07) is 6.02. The maximum atomic E-state index is 14.1. The van der Waals surface area contributed by atoms with E-state index in [1.165, 1.54) is 29.3 Å². The van der Waals surface area contributed by atoms with Crippen molar-refractivity contribution in [3.63, 3.8) is 0 Å². The van der Waals surface area contributed by atoms with Crippen LogP contribution in [-0.4, -0.2) is 50.8 Å². The molecule has 5 rings (SSSR count). The van der Waals surface area contributed by atoms with Gasteiger partial charge >= 0.3 is 0 Å². The monoisotopic (exact) mass is 449 g/mol. The molecule has 2 aromatic heterocycles. The minimum atomic E-state index is -0.746. The van der Waals surface area contributed by atoms with Gasteiger partial charge in [0.2, 0.25) is 0 Å². The second-order valence-electron chi connectivity index (χ2n) is 8.02. The number of anilines is 1. The fourth-order valence-corrected chi connectivity index (χ4v) is 3.98. The molecule has 0 radical (unpaired) electrons. The second-order valence-corrected chi connectivity index (χ2v) is 8.02. The van der Waals surface area contributed by atoms with Gasteiger partial charge in [-0.05, 0) is 25.1 Å². The highest BCUT2D eigenvalue weighted by Crippen LogP contribution is 2.35. The van der Waals surface area contributed by atoms with Gasteiger partial charge in [0.15, 0.2) is 5.82 Å². The quantitative estimate of drug-likeness (QED) is 0.598. The number of benzene rings is 1. The molecule has 2 aliphatic heterocycles. The molecule has 0 aliphatic carbocycles. The van der Waals surface area contributed by atoms with E-state index >= 15 is 0 Å². The molecule has 1 fully saturated rings. The molecule has 1 atom stereocenters. The Hall–Kier alpha value is -4.04. The average molecular weight is 449 g/mol. The zero-order valence-corrected chi connectivity index (χ0v) is 17.9. The van der Waals surface area contributed by atoms with Crippen molar-refractivity contribution in [1.29, 1.82) is 5.26 Å². The zero-order valence-electron chi connectivity index (χ0n) is 17.9. The number of carbonyl (C=O) groups is 1. The maximum Gasteiger partial charge on any atom is 0.258 e. The molecule has 1 saturated heterocycles. The molecule has 0 spiro atoms. The van der Waals surface area contributed by atoms with Crippen LogP contribution in [0.5, 0.6) is 5.88 Å². The Bertz CT molecular complexity index is 1310. The lowest BCUT2D eigenvalue weighted by Gasteiger charge is -2.26. The molecule has 4 heterocycles. The summed E-state index contributed by atoms with van der Waals surface area (Å²) >= 11 is 0. The lowest BCUT2D eigenvalue weighted by molar-refractivity contribution is -0.0292. The van der Waals surface area contributed by atoms with Crippen LogP contribution in [0.4, 0.5) is 10.2 Å². The Morgan fingerprint density at radius 2 is 2.12 bits per heavy atom. The maximum absolute atomic E-state index is 14.1. The first-order valence-electron chi connectivity index (χ1n) is 10.3. The standard InChI is InChI=1S/C22H20FN7O3/c1-11-15-5-12(23)3-4-14(15)22(31)29(2)8-17-19(16-7-26-20(25)21(27-16)33-11)18(6-24)30(28-17)13-9-32-10-13/h3-5,7,11,13H,8-10H2,1-2H3,(H2,25,26)/t11-/m1/s1. The molecule has 2 N–H and O–H groups in total. The summed E-state index contributed by atoms with van der Waals surface area (Å²) in [6.45, 7) is 2.63. The molecule has 10 nitrogen and oxygen atoms in total. The Kier molecular flexibility index (Phi) is 4.94. The van der Waals surface area contributed by atoms with E-state index in [4.69, 9.17) is 15.2 Å². The summed E-state index contributed by atoms with van der Waals surface area (Å²) in [5.74, 6) is -0.785. The number of nitrogen functional groups attached to an aromatic ring is 1. The van der Waals surface area contributed by atoms with Crippen LogP contribution >= 0.6 is 0 Å². The first kappa shape index (κ1) is 20.8. The lowest BCUT2D eigenvalue weighted by Crippen LogP contribution is -2.32. The number of halogens is 1. The molecule has 3 aromatic rings. The summed E-state index contributed by atoms with van der Waals surface area (Å²) < 4.78 is 26.9. The largest absolute Gasteiger partial charge is 0.467 e. The molecule has 0 saturated carbocycles. The number of nitrogens with zero attached hydrogens (tertiary/aromatic N) is 6. The van der Waals surface area contributed by atoms with E-state index in [0.29, 0.717) is 35.7 Å². The zero-order chi connectivity index (χ0) is 23.3. The van der Waals surface area contributed by atoms with Crippen molar-refractivity contribution in [3.8, 4) is 23.2 Å². The van der Waals surface area contributed by atoms with Crippen molar-refractivity contribution in [2.24, 2.45) is 0 Å². The SMILES string of the molecule is C[C@H]1Oc2nc(cnc2N)-c2c(nn(C3COC3)c2C#N)CN(C)C(=O)c2ccc(F)cc21. The second kappa shape index (κ2) is 7.83. The van der Waals surface area contributed by atoms with Crippen molar-refractivity contribution in [3.05, 3.63) is 52.7 Å². The number of rotatable bonds is 1. The van der Waals surface area contributed by atoms with E-state index in [0.717, 1.165) is 0 Å². The summed E-state index contributed by atoms with van der Waals surface area (Å²) in [5.41, 5.74) is 8.19. The summed E-state index contributed by atoms with van der Waals surface area (Å²) in [6.07, 6.45) is 0.695. The Morgan fingerprint density at radius 3 is 2.82 bits per heavy atom. The van der Waals surface area contributed by atoms with Gasteiger partial charge in [0.25, 0.3) is 11.8 Å². The van der Waals surface area contributed by atoms with Crippen LogP contribution in [0.15, 0.2) is 24.4 Å². The average Bonchev–Trinajstić information content (AvgIpc) is 3.10. The molecular weight excluding hydrogens is 429 g/mol. The van der Waals surface area contributed by atoms with Crippen molar-refractivity contribution >= 4 is 11.7 Å². The van der Waals surface area contributed by atoms with Crippen LogP contribution in [0.25, 0.3) is 11.3 Å². The van der Waals surface area contributed by atoms with Crippen molar-refractivity contribution in [2.45, 2.75) is 25.6 Å². The third kappa shape index (κ3) is 3.44. The van der Waals surface area contributed by atoms with Crippen molar-refractivity contribution in [2.75, 3.05) is 26.0 Å². The number of amides is 1. The molecule has 0 unspecified atom stereocenters. The van der Waals surface area contributed by atoms with E-state index in [9.17, 15) is 14.4 Å². The molecule has 1 aromatic carbocycles. The topological polar surface area (TPSA) is 132 Å². The van der Waals surface area contributed by atoms with Crippen LogP contribution in [0, 0.1) is 17.1 Å². The number of hydrogen-bond acceptors (Lipinski definition) is 8. The molecular formula is C22H20FN7O3. The van der Waals surface area contributed by atoms with E-state index in [-0.39, 0.29) is 41.4 Å². The number of aromatic nitrogens is 4. The predicted molar refractivity (Wildman–Crippen MR) is 113 cm³/mol. The van der Waals surface area contributed by atoms with E-state index in [1.807, 2.05) is 0 Å². The number of fused-ring (bicyclic) bond motifs is 5. The van der Waals surface area contributed by atoms with Gasteiger partial charge in [-0.2, -0.15) is 10.4 Å². The van der Waals surface area contributed by atoms with Crippen LogP contribution in [0.1, 0.15) is 46.4 Å². The van der Waals surface area contributed by atoms with E-state index in [2.05, 4.69) is 21.1 Å². The van der Waals surface area contributed by atoms with Gasteiger partial charge in [-0.15, -0.1) is 0 Å². The highest BCUT2D eigenvalue weighted by atomic mass is 19.1. The van der Waals surface area contributed by atoms with Gasteiger partial charge in [0.05, 0.1) is 42.9 Å². The molecule has 2 bridgehead atoms.